The zero-order valence-electron chi connectivity index (χ0n) is 10.4. The largest absolute Gasteiger partial charge is 0.492 e. The number of aliphatic hydroxyl groups excluding tert-OH is 1. The molecule has 2 rings (SSSR count). The molecule has 0 aromatic heterocycles. The van der Waals surface area contributed by atoms with Gasteiger partial charge in [0.05, 0.1) is 11.6 Å². The van der Waals surface area contributed by atoms with E-state index in [-0.39, 0.29) is 6.61 Å². The first-order valence-corrected chi connectivity index (χ1v) is 6.28. The van der Waals surface area contributed by atoms with E-state index >= 15 is 0 Å². The van der Waals surface area contributed by atoms with Gasteiger partial charge >= 0.3 is 0 Å². The minimum absolute atomic E-state index is 0.279. The fourth-order valence-electron chi connectivity index (χ4n) is 2.21. The third kappa shape index (κ3) is 3.46. The maximum atomic E-state index is 9.06. The molecule has 1 aliphatic rings. The Morgan fingerprint density at radius 3 is 3.11 bits per heavy atom. The highest BCUT2D eigenvalue weighted by atomic mass is 16.5. The van der Waals surface area contributed by atoms with Gasteiger partial charge in [-0.3, -0.25) is 4.90 Å². The van der Waals surface area contributed by atoms with Crippen LogP contribution in [0.15, 0.2) is 24.3 Å². The first kappa shape index (κ1) is 12.9. The minimum atomic E-state index is 0.279. The molecule has 1 N–H and O–H groups in total. The summed E-state index contributed by atoms with van der Waals surface area (Å²) in [5.41, 5.74) is 0.619. The number of nitriles is 1. The molecular weight excluding hydrogens is 228 g/mol. The molecule has 0 saturated carbocycles. The lowest BCUT2D eigenvalue weighted by atomic mass is 10.1. The van der Waals surface area contributed by atoms with E-state index in [0.29, 0.717) is 18.1 Å². The topological polar surface area (TPSA) is 56.5 Å². The highest BCUT2D eigenvalue weighted by molar-refractivity contribution is 5.36. The van der Waals surface area contributed by atoms with Crippen LogP contribution in [-0.2, 0) is 0 Å². The minimum Gasteiger partial charge on any atom is -0.492 e. The molecule has 0 radical (unpaired) electrons. The van der Waals surface area contributed by atoms with Crippen molar-refractivity contribution in [2.45, 2.75) is 6.42 Å². The van der Waals surface area contributed by atoms with Crippen LogP contribution in [0.3, 0.4) is 0 Å². The molecule has 4 heteroatoms. The van der Waals surface area contributed by atoms with Gasteiger partial charge in [0, 0.05) is 19.7 Å². The lowest BCUT2D eigenvalue weighted by molar-refractivity contribution is 0.204. The maximum Gasteiger partial charge on any atom is 0.120 e. The molecule has 0 bridgehead atoms. The summed E-state index contributed by atoms with van der Waals surface area (Å²) < 4.78 is 5.62. The van der Waals surface area contributed by atoms with Crippen molar-refractivity contribution in [1.29, 1.82) is 5.26 Å². The van der Waals surface area contributed by atoms with E-state index in [9.17, 15) is 0 Å². The summed E-state index contributed by atoms with van der Waals surface area (Å²) in [6, 6.07) is 9.30. The van der Waals surface area contributed by atoms with Crippen LogP contribution in [0.5, 0.6) is 5.75 Å². The van der Waals surface area contributed by atoms with E-state index < -0.39 is 0 Å². The van der Waals surface area contributed by atoms with Crippen LogP contribution in [0, 0.1) is 17.2 Å². The van der Waals surface area contributed by atoms with Gasteiger partial charge in [-0.15, -0.1) is 0 Å². The molecule has 1 fully saturated rings. The maximum absolute atomic E-state index is 9.06. The average Bonchev–Trinajstić information content (AvgIpc) is 2.87. The van der Waals surface area contributed by atoms with Gasteiger partial charge in [0.1, 0.15) is 12.4 Å². The van der Waals surface area contributed by atoms with Crippen molar-refractivity contribution in [3.63, 3.8) is 0 Å². The predicted molar refractivity (Wildman–Crippen MR) is 68.3 cm³/mol. The zero-order chi connectivity index (χ0) is 12.8. The van der Waals surface area contributed by atoms with Crippen LogP contribution in [0.4, 0.5) is 0 Å². The van der Waals surface area contributed by atoms with Crippen LogP contribution in [0.2, 0.25) is 0 Å². The van der Waals surface area contributed by atoms with Crippen molar-refractivity contribution >= 4 is 0 Å². The average molecular weight is 246 g/mol. The lowest BCUT2D eigenvalue weighted by Crippen LogP contribution is -2.26. The van der Waals surface area contributed by atoms with Crippen molar-refractivity contribution in [3.05, 3.63) is 29.8 Å². The number of ether oxygens (including phenoxy) is 1. The number of rotatable bonds is 5. The molecule has 1 atom stereocenters. The molecule has 96 valence electrons. The number of aliphatic hydroxyl groups is 1. The highest BCUT2D eigenvalue weighted by Crippen LogP contribution is 2.16. The van der Waals surface area contributed by atoms with Gasteiger partial charge in [0.15, 0.2) is 0 Å². The van der Waals surface area contributed by atoms with Crippen molar-refractivity contribution < 1.29 is 9.84 Å². The number of nitrogens with zero attached hydrogens (tertiary/aromatic N) is 2. The van der Waals surface area contributed by atoms with Crippen LogP contribution in [-0.4, -0.2) is 42.9 Å². The van der Waals surface area contributed by atoms with Gasteiger partial charge in [-0.1, -0.05) is 6.07 Å². The smallest absolute Gasteiger partial charge is 0.120 e. The second-order valence-corrected chi connectivity index (χ2v) is 4.63. The van der Waals surface area contributed by atoms with Gasteiger partial charge in [-0.2, -0.15) is 5.26 Å². The van der Waals surface area contributed by atoms with Crippen LogP contribution in [0.1, 0.15) is 12.0 Å². The van der Waals surface area contributed by atoms with E-state index in [2.05, 4.69) is 11.0 Å². The van der Waals surface area contributed by atoms with Crippen LogP contribution in [0.25, 0.3) is 0 Å². The number of benzene rings is 1. The van der Waals surface area contributed by atoms with Gasteiger partial charge in [0.2, 0.25) is 0 Å². The van der Waals surface area contributed by atoms with E-state index in [4.69, 9.17) is 15.1 Å². The van der Waals surface area contributed by atoms with Crippen molar-refractivity contribution in [2.75, 3.05) is 32.8 Å². The molecule has 18 heavy (non-hydrogen) atoms. The fourth-order valence-corrected chi connectivity index (χ4v) is 2.21. The Labute approximate surface area is 107 Å². The molecular formula is C14H18N2O2. The molecule has 1 unspecified atom stereocenters. The molecule has 1 saturated heterocycles. The molecule has 1 heterocycles. The first-order valence-electron chi connectivity index (χ1n) is 6.28. The Bertz CT molecular complexity index is 428. The second kappa shape index (κ2) is 6.39. The summed E-state index contributed by atoms with van der Waals surface area (Å²) >= 11 is 0. The molecule has 1 aromatic carbocycles. The van der Waals surface area contributed by atoms with E-state index in [1.807, 2.05) is 12.1 Å². The third-order valence-electron chi connectivity index (χ3n) is 3.27. The standard InChI is InChI=1S/C14H18N2O2/c15-9-12-2-1-3-14(8-12)18-7-6-16-5-4-13(10-16)11-17/h1-3,8,13,17H,4-7,10-11H2. The second-order valence-electron chi connectivity index (χ2n) is 4.63. The summed E-state index contributed by atoms with van der Waals surface area (Å²) in [5.74, 6) is 1.17. The molecule has 0 aliphatic carbocycles. The molecule has 1 aliphatic heterocycles. The zero-order valence-corrected chi connectivity index (χ0v) is 10.4. The molecule has 1 aromatic rings. The Balaban J connectivity index is 1.74. The Hall–Kier alpha value is -1.57. The van der Waals surface area contributed by atoms with Crippen molar-refractivity contribution in [2.24, 2.45) is 5.92 Å². The summed E-state index contributed by atoms with van der Waals surface area (Å²) in [6.45, 7) is 3.76. The third-order valence-corrected chi connectivity index (χ3v) is 3.27. The Kier molecular flexibility index (Phi) is 4.57. The fraction of sp³-hybridized carbons (Fsp3) is 0.500. The van der Waals surface area contributed by atoms with Crippen molar-refractivity contribution in [1.82, 2.24) is 4.90 Å². The van der Waals surface area contributed by atoms with Gasteiger partial charge in [-0.25, -0.2) is 0 Å². The lowest BCUT2D eigenvalue weighted by Gasteiger charge is -2.15. The van der Waals surface area contributed by atoms with E-state index in [1.54, 1.807) is 12.1 Å². The quantitative estimate of drug-likeness (QED) is 0.849. The first-order chi connectivity index (χ1) is 8.81. The summed E-state index contributed by atoms with van der Waals surface area (Å²) in [5, 5.41) is 17.8. The monoisotopic (exact) mass is 246 g/mol. The number of hydrogen-bond acceptors (Lipinski definition) is 4. The van der Waals surface area contributed by atoms with Gasteiger partial charge < -0.3 is 9.84 Å². The molecule has 0 spiro atoms. The van der Waals surface area contributed by atoms with Crippen molar-refractivity contribution in [3.8, 4) is 11.8 Å². The van der Waals surface area contributed by atoms with Crippen LogP contribution >= 0.6 is 0 Å². The summed E-state index contributed by atoms with van der Waals surface area (Å²) in [6.07, 6.45) is 1.07. The van der Waals surface area contributed by atoms with Crippen LogP contribution < -0.4 is 4.74 Å². The number of likely N-dealkylation sites (tertiary alicyclic amines) is 1. The van der Waals surface area contributed by atoms with E-state index in [1.165, 1.54) is 0 Å². The molecule has 4 nitrogen and oxygen atoms in total. The highest BCUT2D eigenvalue weighted by Gasteiger charge is 2.20. The normalized spacial score (nSPS) is 19.7. The van der Waals surface area contributed by atoms with E-state index in [0.717, 1.165) is 31.8 Å². The Morgan fingerprint density at radius 1 is 1.50 bits per heavy atom. The SMILES string of the molecule is N#Cc1cccc(OCCN2CCC(CO)C2)c1. The Morgan fingerprint density at radius 2 is 2.39 bits per heavy atom. The predicted octanol–water partition coefficient (Wildman–Crippen LogP) is 1.25. The van der Waals surface area contributed by atoms with Gasteiger partial charge in [-0.05, 0) is 37.1 Å². The summed E-state index contributed by atoms with van der Waals surface area (Å²) in [4.78, 5) is 2.30. The summed E-state index contributed by atoms with van der Waals surface area (Å²) in [7, 11) is 0. The molecule has 0 amide bonds. The van der Waals surface area contributed by atoms with Gasteiger partial charge in [0.25, 0.3) is 0 Å². The number of hydrogen-bond donors (Lipinski definition) is 1.